The zero-order chi connectivity index (χ0) is 14.2. The number of hydrogen-bond acceptors (Lipinski definition) is 3. The van der Waals surface area contributed by atoms with E-state index in [-0.39, 0.29) is 0 Å². The van der Waals surface area contributed by atoms with Gasteiger partial charge in [0.2, 0.25) is 5.95 Å². The average molecular weight is 278 g/mol. The van der Waals surface area contributed by atoms with E-state index in [1.165, 1.54) is 28.6 Å². The third kappa shape index (κ3) is 1.90. The Morgan fingerprint density at radius 1 is 1.24 bits per heavy atom. The van der Waals surface area contributed by atoms with Gasteiger partial charge in [0, 0.05) is 41.4 Å². The number of anilines is 1. The highest BCUT2D eigenvalue weighted by molar-refractivity contribution is 5.97. The number of fused-ring (bicyclic) bond motifs is 3. The molecule has 0 saturated carbocycles. The molecule has 4 nitrogen and oxygen atoms in total. The Balaban J connectivity index is 1.96. The first kappa shape index (κ1) is 12.4. The number of rotatable bonds is 3. The van der Waals surface area contributed by atoms with Crippen LogP contribution in [0.15, 0.2) is 36.5 Å². The van der Waals surface area contributed by atoms with Crippen molar-refractivity contribution in [1.82, 2.24) is 14.5 Å². The number of aryl methyl sites for hydroxylation is 1. The summed E-state index contributed by atoms with van der Waals surface area (Å²) < 4.78 is 2.44. The molecule has 0 amide bonds. The molecule has 1 aliphatic rings. The largest absolute Gasteiger partial charge is 0.354 e. The van der Waals surface area contributed by atoms with Crippen LogP contribution in [0, 0.1) is 0 Å². The van der Waals surface area contributed by atoms with Crippen molar-refractivity contribution in [2.24, 2.45) is 0 Å². The van der Waals surface area contributed by atoms with Crippen LogP contribution in [0.5, 0.6) is 0 Å². The zero-order valence-electron chi connectivity index (χ0n) is 12.1. The van der Waals surface area contributed by atoms with Gasteiger partial charge in [-0.3, -0.25) is 0 Å². The molecule has 0 radical (unpaired) electrons. The monoisotopic (exact) mass is 278 g/mol. The fraction of sp³-hybridized carbons (Fsp3) is 0.294. The first-order valence-corrected chi connectivity index (χ1v) is 7.56. The van der Waals surface area contributed by atoms with Crippen molar-refractivity contribution < 1.29 is 0 Å². The molecule has 0 fully saturated rings. The number of benzene rings is 1. The van der Waals surface area contributed by atoms with E-state index in [1.54, 1.807) is 0 Å². The minimum absolute atomic E-state index is 0.706. The van der Waals surface area contributed by atoms with Crippen LogP contribution >= 0.6 is 0 Å². The predicted molar refractivity (Wildman–Crippen MR) is 85.4 cm³/mol. The van der Waals surface area contributed by atoms with Gasteiger partial charge in [0.15, 0.2) is 0 Å². The number of nitrogens with zero attached hydrogens (tertiary/aromatic N) is 3. The molecule has 4 heteroatoms. The summed E-state index contributed by atoms with van der Waals surface area (Å²) in [6, 6.07) is 10.6. The number of aromatic nitrogens is 3. The summed E-state index contributed by atoms with van der Waals surface area (Å²) in [5.41, 5.74) is 5.04. The minimum atomic E-state index is 0.706. The molecule has 3 aromatic rings. The maximum atomic E-state index is 4.70. The maximum Gasteiger partial charge on any atom is 0.223 e. The molecule has 0 spiro atoms. The molecule has 4 rings (SSSR count). The summed E-state index contributed by atoms with van der Waals surface area (Å²) in [6.45, 7) is 4.00. The van der Waals surface area contributed by atoms with E-state index < -0.39 is 0 Å². The van der Waals surface area contributed by atoms with Crippen molar-refractivity contribution in [1.29, 1.82) is 0 Å². The fourth-order valence-corrected chi connectivity index (χ4v) is 3.30. The van der Waals surface area contributed by atoms with Gasteiger partial charge in [0.1, 0.15) is 0 Å². The first-order valence-electron chi connectivity index (χ1n) is 7.56. The van der Waals surface area contributed by atoms with Crippen molar-refractivity contribution in [3.8, 4) is 11.3 Å². The lowest BCUT2D eigenvalue weighted by Gasteiger charge is -2.05. The Morgan fingerprint density at radius 3 is 3.05 bits per heavy atom. The molecule has 0 aliphatic carbocycles. The van der Waals surface area contributed by atoms with Crippen LogP contribution in [0.25, 0.3) is 22.2 Å². The Kier molecular flexibility index (Phi) is 2.88. The van der Waals surface area contributed by atoms with E-state index >= 15 is 0 Å². The van der Waals surface area contributed by atoms with Gasteiger partial charge < -0.3 is 9.88 Å². The summed E-state index contributed by atoms with van der Waals surface area (Å²) in [6.07, 6.45) is 4.19. The zero-order valence-corrected chi connectivity index (χ0v) is 12.1. The third-order valence-electron chi connectivity index (χ3n) is 4.12. The summed E-state index contributed by atoms with van der Waals surface area (Å²) in [5, 5.41) is 4.50. The summed E-state index contributed by atoms with van der Waals surface area (Å²) in [5.74, 6) is 0.706. The van der Waals surface area contributed by atoms with Crippen LogP contribution in [-0.2, 0) is 13.0 Å². The van der Waals surface area contributed by atoms with E-state index in [4.69, 9.17) is 4.98 Å². The molecule has 2 aromatic heterocycles. The lowest BCUT2D eigenvalue weighted by Crippen LogP contribution is -2.02. The Labute approximate surface area is 123 Å². The highest BCUT2D eigenvalue weighted by Crippen LogP contribution is 2.37. The highest BCUT2D eigenvalue weighted by Gasteiger charge is 2.22. The Morgan fingerprint density at radius 2 is 2.14 bits per heavy atom. The SMILES string of the molecule is CCNc1nccc(-c2c3n(c4ccccc24)CCC3)n1. The fourth-order valence-electron chi connectivity index (χ4n) is 3.30. The second kappa shape index (κ2) is 4.88. The molecule has 0 bridgehead atoms. The van der Waals surface area contributed by atoms with E-state index in [9.17, 15) is 0 Å². The maximum absolute atomic E-state index is 4.70. The standard InChI is InChI=1S/C17H18N4/c1-2-18-17-19-10-9-13(20-17)16-12-6-3-4-7-14(12)21-11-5-8-15(16)21/h3-4,6-7,9-10H,2,5,8,11H2,1H3,(H,18,19,20). The molecule has 0 unspecified atom stereocenters. The van der Waals surface area contributed by atoms with E-state index in [0.29, 0.717) is 5.95 Å². The normalized spacial score (nSPS) is 13.6. The van der Waals surface area contributed by atoms with Gasteiger partial charge in [0.05, 0.1) is 5.69 Å². The van der Waals surface area contributed by atoms with Crippen molar-refractivity contribution in [3.63, 3.8) is 0 Å². The van der Waals surface area contributed by atoms with Gasteiger partial charge in [-0.25, -0.2) is 9.97 Å². The minimum Gasteiger partial charge on any atom is -0.354 e. The van der Waals surface area contributed by atoms with Gasteiger partial charge in [0.25, 0.3) is 0 Å². The van der Waals surface area contributed by atoms with Crippen molar-refractivity contribution >= 4 is 16.9 Å². The molecule has 3 heterocycles. The van der Waals surface area contributed by atoms with Crippen LogP contribution in [0.1, 0.15) is 19.0 Å². The average Bonchev–Trinajstić information content (AvgIpc) is 3.08. The smallest absolute Gasteiger partial charge is 0.223 e. The quantitative estimate of drug-likeness (QED) is 0.797. The molecule has 0 atom stereocenters. The van der Waals surface area contributed by atoms with Crippen molar-refractivity contribution in [2.75, 3.05) is 11.9 Å². The number of nitrogens with one attached hydrogen (secondary N) is 1. The van der Waals surface area contributed by atoms with Crippen LogP contribution in [-0.4, -0.2) is 21.1 Å². The van der Waals surface area contributed by atoms with Crippen LogP contribution < -0.4 is 5.32 Å². The molecule has 1 N–H and O–H groups in total. The summed E-state index contributed by atoms with van der Waals surface area (Å²) in [7, 11) is 0. The van der Waals surface area contributed by atoms with E-state index in [1.807, 2.05) is 12.3 Å². The number of para-hydroxylation sites is 1. The third-order valence-corrected chi connectivity index (χ3v) is 4.12. The second-order valence-electron chi connectivity index (χ2n) is 5.39. The highest BCUT2D eigenvalue weighted by atomic mass is 15.1. The van der Waals surface area contributed by atoms with Gasteiger partial charge in [-0.15, -0.1) is 0 Å². The molecule has 0 saturated heterocycles. The summed E-state index contributed by atoms with van der Waals surface area (Å²) >= 11 is 0. The predicted octanol–water partition coefficient (Wildman–Crippen LogP) is 3.48. The van der Waals surface area contributed by atoms with Crippen LogP contribution in [0.4, 0.5) is 5.95 Å². The number of hydrogen-bond donors (Lipinski definition) is 1. The van der Waals surface area contributed by atoms with Crippen molar-refractivity contribution in [2.45, 2.75) is 26.3 Å². The molecule has 21 heavy (non-hydrogen) atoms. The summed E-state index contributed by atoms with van der Waals surface area (Å²) in [4.78, 5) is 8.98. The molecule has 106 valence electrons. The lowest BCUT2D eigenvalue weighted by molar-refractivity contribution is 0.772. The van der Waals surface area contributed by atoms with Gasteiger partial charge in [-0.05, 0) is 31.9 Å². The van der Waals surface area contributed by atoms with Gasteiger partial charge >= 0.3 is 0 Å². The van der Waals surface area contributed by atoms with E-state index in [0.717, 1.165) is 25.2 Å². The van der Waals surface area contributed by atoms with Crippen molar-refractivity contribution in [3.05, 3.63) is 42.2 Å². The Bertz CT molecular complexity index is 804. The molecule has 1 aromatic carbocycles. The Hall–Kier alpha value is -2.36. The lowest BCUT2D eigenvalue weighted by atomic mass is 10.1. The topological polar surface area (TPSA) is 42.7 Å². The molecular weight excluding hydrogens is 260 g/mol. The van der Waals surface area contributed by atoms with E-state index in [2.05, 4.69) is 46.1 Å². The van der Waals surface area contributed by atoms with Gasteiger partial charge in [-0.1, -0.05) is 18.2 Å². The molecular formula is C17H18N4. The van der Waals surface area contributed by atoms with Crippen LogP contribution in [0.3, 0.4) is 0 Å². The first-order chi connectivity index (χ1) is 10.4. The van der Waals surface area contributed by atoms with Gasteiger partial charge in [-0.2, -0.15) is 0 Å². The van der Waals surface area contributed by atoms with Crippen LogP contribution in [0.2, 0.25) is 0 Å². The second-order valence-corrected chi connectivity index (χ2v) is 5.39. The molecule has 1 aliphatic heterocycles.